The summed E-state index contributed by atoms with van der Waals surface area (Å²) in [7, 11) is 1.53. The Bertz CT molecular complexity index is 672. The van der Waals surface area contributed by atoms with E-state index in [9.17, 15) is 19.6 Å². The van der Waals surface area contributed by atoms with Crippen molar-refractivity contribution in [2.75, 3.05) is 12.8 Å². The molecule has 0 bridgehead atoms. The number of nitrogens with one attached hydrogen (secondary N) is 3. The minimum absolute atomic E-state index is 0.152. The van der Waals surface area contributed by atoms with Gasteiger partial charge in [-0.25, -0.2) is 5.48 Å². The van der Waals surface area contributed by atoms with Crippen molar-refractivity contribution in [2.45, 2.75) is 51.3 Å². The maximum Gasteiger partial charge on any atom is 0.248 e. The lowest BCUT2D eigenvalue weighted by Gasteiger charge is -2.33. The van der Waals surface area contributed by atoms with E-state index in [1.807, 2.05) is 52.1 Å². The quantitative estimate of drug-likeness (QED) is 0.253. The molecular weight excluding hydrogens is 410 g/mol. The second-order valence-electron chi connectivity index (χ2n) is 8.48. The Kier molecular flexibility index (Phi) is 10.2. The summed E-state index contributed by atoms with van der Waals surface area (Å²) in [6, 6.07) is 3.13. The first-order valence-corrected chi connectivity index (χ1v) is 11.5. The van der Waals surface area contributed by atoms with Gasteiger partial charge in [0.15, 0.2) is 0 Å². The van der Waals surface area contributed by atoms with Crippen LogP contribution in [0.2, 0.25) is 0 Å². The molecule has 29 heavy (non-hydrogen) atoms. The molecule has 0 saturated heterocycles. The summed E-state index contributed by atoms with van der Waals surface area (Å²) in [5, 5.41) is 16.6. The summed E-state index contributed by atoms with van der Waals surface area (Å²) in [6.07, 6.45) is 0.458. The Morgan fingerprint density at radius 1 is 1.14 bits per heavy atom. The van der Waals surface area contributed by atoms with Crippen molar-refractivity contribution in [3.63, 3.8) is 0 Å². The van der Waals surface area contributed by atoms with Crippen LogP contribution in [-0.2, 0) is 14.4 Å². The van der Waals surface area contributed by atoms with E-state index >= 15 is 0 Å². The van der Waals surface area contributed by atoms with E-state index in [1.54, 1.807) is 16.8 Å². The second kappa shape index (κ2) is 11.6. The molecule has 3 amide bonds. The molecule has 0 aliphatic heterocycles. The lowest BCUT2D eigenvalue weighted by molar-refractivity contribution is -0.141. The Labute approximate surface area is 181 Å². The zero-order valence-corrected chi connectivity index (χ0v) is 19.6. The molecule has 164 valence electrons. The Balaban J connectivity index is 3.11. The fourth-order valence-electron chi connectivity index (χ4n) is 3.01. The number of hydrogen-bond donors (Lipinski definition) is 4. The van der Waals surface area contributed by atoms with Gasteiger partial charge in [-0.15, -0.1) is 23.1 Å². The molecule has 0 aliphatic carbocycles. The van der Waals surface area contributed by atoms with Crippen LogP contribution in [0.25, 0.3) is 0 Å². The largest absolute Gasteiger partial charge is 0.357 e. The first kappa shape index (κ1) is 25.5. The van der Waals surface area contributed by atoms with Crippen LogP contribution in [0.3, 0.4) is 0 Å². The molecule has 2 unspecified atom stereocenters. The van der Waals surface area contributed by atoms with Crippen molar-refractivity contribution < 1.29 is 19.6 Å². The highest BCUT2D eigenvalue weighted by Crippen LogP contribution is 2.31. The molecule has 9 heteroatoms. The normalized spacial score (nSPS) is 14.8. The number of hydrogen-bond acceptors (Lipinski definition) is 6. The third kappa shape index (κ3) is 7.98. The molecule has 1 aromatic heterocycles. The maximum absolute atomic E-state index is 13.2. The minimum Gasteiger partial charge on any atom is -0.357 e. The highest BCUT2D eigenvalue weighted by atomic mass is 32.2. The van der Waals surface area contributed by atoms with Gasteiger partial charge < -0.3 is 10.6 Å². The minimum atomic E-state index is -0.738. The molecule has 0 fully saturated rings. The lowest BCUT2D eigenvalue weighted by atomic mass is 9.82. The van der Waals surface area contributed by atoms with Crippen LogP contribution < -0.4 is 16.1 Å². The van der Waals surface area contributed by atoms with Crippen molar-refractivity contribution in [2.24, 2.45) is 23.2 Å². The van der Waals surface area contributed by atoms with Crippen molar-refractivity contribution in [3.8, 4) is 0 Å². The van der Waals surface area contributed by atoms with Crippen molar-refractivity contribution in [1.29, 1.82) is 0 Å². The molecular formula is C20H33N3O4S2. The number of amides is 3. The Hall–Kier alpha value is -1.58. The standard InChI is InChI=1S/C20H33N3O4S2/c1-12(2)10-13(17(24)22-16(19(26)21-6)20(3,4)5)14(18(25)23-27)11-29-15-8-7-9-28-15/h7-9,12-14,16,27H,10-11H2,1-6H3,(H,21,26)(H,22,24)(H,23,25)/t13-,14?,16?/m1/s1. The fraction of sp³-hybridized carbons (Fsp3) is 0.650. The number of carbonyl (C=O) groups excluding carboxylic acids is 3. The average Bonchev–Trinajstić information content (AvgIpc) is 3.16. The number of likely N-dealkylation sites (N-methyl/N-ethyl adjacent to an activating group) is 1. The first-order valence-electron chi connectivity index (χ1n) is 9.63. The van der Waals surface area contributed by atoms with Crippen molar-refractivity contribution >= 4 is 40.8 Å². The number of hydroxylamine groups is 1. The van der Waals surface area contributed by atoms with Gasteiger partial charge in [-0.05, 0) is 29.2 Å². The van der Waals surface area contributed by atoms with Gasteiger partial charge in [0.05, 0.1) is 16.0 Å². The molecule has 1 rings (SSSR count). The average molecular weight is 444 g/mol. The zero-order valence-electron chi connectivity index (χ0n) is 17.9. The summed E-state index contributed by atoms with van der Waals surface area (Å²) in [5.74, 6) is -2.16. The topological polar surface area (TPSA) is 108 Å². The molecule has 7 nitrogen and oxygen atoms in total. The van der Waals surface area contributed by atoms with Gasteiger partial charge >= 0.3 is 0 Å². The number of thiophene rings is 1. The zero-order chi connectivity index (χ0) is 22.2. The highest BCUT2D eigenvalue weighted by molar-refractivity contribution is 8.01. The predicted molar refractivity (Wildman–Crippen MR) is 117 cm³/mol. The number of rotatable bonds is 10. The van der Waals surface area contributed by atoms with Crippen molar-refractivity contribution in [1.82, 2.24) is 16.1 Å². The summed E-state index contributed by atoms with van der Waals surface area (Å²) >= 11 is 3.03. The second-order valence-corrected chi connectivity index (χ2v) is 10.8. The highest BCUT2D eigenvalue weighted by Gasteiger charge is 2.38. The summed E-state index contributed by atoms with van der Waals surface area (Å²) in [4.78, 5) is 38.0. The van der Waals surface area contributed by atoms with Gasteiger partial charge in [0.2, 0.25) is 17.7 Å². The number of thioether (sulfide) groups is 1. The van der Waals surface area contributed by atoms with E-state index in [2.05, 4.69) is 10.6 Å². The van der Waals surface area contributed by atoms with E-state index in [-0.39, 0.29) is 17.7 Å². The van der Waals surface area contributed by atoms with Crippen LogP contribution in [0.15, 0.2) is 21.7 Å². The molecule has 0 aromatic carbocycles. The fourth-order valence-corrected chi connectivity index (χ4v) is 5.00. The van der Waals surface area contributed by atoms with Gasteiger partial charge in [0.1, 0.15) is 6.04 Å². The van der Waals surface area contributed by atoms with E-state index in [0.717, 1.165) is 4.21 Å². The molecule has 0 saturated carbocycles. The van der Waals surface area contributed by atoms with Gasteiger partial charge in [-0.1, -0.05) is 40.7 Å². The van der Waals surface area contributed by atoms with E-state index in [4.69, 9.17) is 0 Å². The van der Waals surface area contributed by atoms with Crippen LogP contribution in [0.5, 0.6) is 0 Å². The predicted octanol–water partition coefficient (Wildman–Crippen LogP) is 2.90. The SMILES string of the molecule is CNC(=O)C(NC(=O)[C@H](CC(C)C)C(CSc1cccs1)C(=O)NO)C(C)(C)C. The summed E-state index contributed by atoms with van der Waals surface area (Å²) < 4.78 is 1.03. The summed E-state index contributed by atoms with van der Waals surface area (Å²) in [6.45, 7) is 9.56. The third-order valence-corrected chi connectivity index (χ3v) is 6.81. The molecule has 1 heterocycles. The van der Waals surface area contributed by atoms with Crippen LogP contribution in [0.1, 0.15) is 41.0 Å². The molecule has 0 radical (unpaired) electrons. The molecule has 1 aromatic rings. The van der Waals surface area contributed by atoms with Crippen molar-refractivity contribution in [3.05, 3.63) is 17.5 Å². The monoisotopic (exact) mass is 443 g/mol. The van der Waals surface area contributed by atoms with E-state index in [0.29, 0.717) is 12.2 Å². The van der Waals surface area contributed by atoms with Gasteiger partial charge in [0, 0.05) is 12.8 Å². The smallest absolute Gasteiger partial charge is 0.248 e. The van der Waals surface area contributed by atoms with Crippen LogP contribution in [0, 0.1) is 23.2 Å². The van der Waals surface area contributed by atoms with Gasteiger partial charge in [-0.2, -0.15) is 0 Å². The molecule has 0 spiro atoms. The van der Waals surface area contributed by atoms with Gasteiger partial charge in [0.25, 0.3) is 0 Å². The molecule has 0 aliphatic rings. The molecule has 3 atom stereocenters. The Morgan fingerprint density at radius 2 is 1.79 bits per heavy atom. The maximum atomic E-state index is 13.2. The number of carbonyl (C=O) groups is 3. The molecule has 4 N–H and O–H groups in total. The first-order chi connectivity index (χ1) is 13.5. The van der Waals surface area contributed by atoms with Crippen LogP contribution in [0.4, 0.5) is 0 Å². The Morgan fingerprint density at radius 3 is 2.24 bits per heavy atom. The third-order valence-electron chi connectivity index (χ3n) is 4.56. The lowest BCUT2D eigenvalue weighted by Crippen LogP contribution is -2.55. The van der Waals surface area contributed by atoms with Gasteiger partial charge in [-0.3, -0.25) is 19.6 Å². The summed E-state index contributed by atoms with van der Waals surface area (Å²) in [5.41, 5.74) is 1.21. The van der Waals surface area contributed by atoms with Crippen LogP contribution >= 0.6 is 23.1 Å². The van der Waals surface area contributed by atoms with E-state index < -0.39 is 29.2 Å². The van der Waals surface area contributed by atoms with Crippen LogP contribution in [-0.4, -0.2) is 41.8 Å². The van der Waals surface area contributed by atoms with E-state index in [1.165, 1.54) is 18.8 Å².